The lowest BCUT2D eigenvalue weighted by molar-refractivity contribution is 0.175. The largest absolute Gasteiger partial charge is 0.423 e. The topological polar surface area (TPSA) is 79.7 Å². The van der Waals surface area contributed by atoms with Gasteiger partial charge in [0.2, 0.25) is 5.95 Å². The number of piperidine rings is 1. The molecule has 0 unspecified atom stereocenters. The Balaban J connectivity index is 1.90. The SMILES string of the molecule is Nc1nc(N2CCCCC2)cc(=NCc2ccccc2)n1O. The zero-order valence-electron chi connectivity index (χ0n) is 12.5. The standard InChI is InChI=1S/C16H21N5O/c17-16-19-15(20-9-5-2-6-10-20)11-14(21(16)22)18-12-13-7-3-1-4-8-13/h1,3-4,7-8,11,22H,2,5-6,9-10,12H2,(H2,17,19). The summed E-state index contributed by atoms with van der Waals surface area (Å²) in [6.07, 6.45) is 3.57. The van der Waals surface area contributed by atoms with Crippen molar-refractivity contribution in [3.05, 3.63) is 47.4 Å². The van der Waals surface area contributed by atoms with Crippen LogP contribution in [0.1, 0.15) is 24.8 Å². The number of hydrogen-bond acceptors (Lipinski definition) is 5. The van der Waals surface area contributed by atoms with E-state index in [1.54, 1.807) is 6.07 Å². The van der Waals surface area contributed by atoms with Crippen molar-refractivity contribution < 1.29 is 5.21 Å². The molecule has 0 spiro atoms. The second kappa shape index (κ2) is 6.51. The Morgan fingerprint density at radius 1 is 1.14 bits per heavy atom. The molecule has 0 aliphatic carbocycles. The third-order valence-electron chi connectivity index (χ3n) is 3.87. The van der Waals surface area contributed by atoms with Crippen LogP contribution in [0.25, 0.3) is 0 Å². The van der Waals surface area contributed by atoms with Crippen LogP contribution >= 0.6 is 0 Å². The molecule has 1 aliphatic heterocycles. The fourth-order valence-electron chi connectivity index (χ4n) is 2.64. The number of anilines is 2. The van der Waals surface area contributed by atoms with Crippen LogP contribution < -0.4 is 16.1 Å². The average molecular weight is 299 g/mol. The van der Waals surface area contributed by atoms with Crippen LogP contribution in [-0.2, 0) is 6.54 Å². The van der Waals surface area contributed by atoms with Crippen molar-refractivity contribution in [1.82, 2.24) is 9.71 Å². The average Bonchev–Trinajstić information content (AvgIpc) is 2.58. The Morgan fingerprint density at radius 2 is 1.86 bits per heavy atom. The van der Waals surface area contributed by atoms with Crippen molar-refractivity contribution in [2.75, 3.05) is 23.7 Å². The van der Waals surface area contributed by atoms with Gasteiger partial charge in [-0.15, -0.1) is 4.73 Å². The molecule has 0 atom stereocenters. The van der Waals surface area contributed by atoms with Gasteiger partial charge in [-0.3, -0.25) is 4.99 Å². The lowest BCUT2D eigenvalue weighted by Crippen LogP contribution is -2.33. The van der Waals surface area contributed by atoms with Gasteiger partial charge in [-0.25, -0.2) is 0 Å². The molecule has 6 nitrogen and oxygen atoms in total. The Morgan fingerprint density at radius 3 is 2.59 bits per heavy atom. The first-order chi connectivity index (χ1) is 10.7. The van der Waals surface area contributed by atoms with Crippen molar-refractivity contribution in [2.45, 2.75) is 25.8 Å². The van der Waals surface area contributed by atoms with E-state index in [0.29, 0.717) is 12.0 Å². The van der Waals surface area contributed by atoms with Crippen LogP contribution in [0.5, 0.6) is 0 Å². The van der Waals surface area contributed by atoms with E-state index in [2.05, 4.69) is 14.9 Å². The Kier molecular flexibility index (Phi) is 4.27. The van der Waals surface area contributed by atoms with Crippen LogP contribution in [0.15, 0.2) is 41.4 Å². The molecule has 6 heteroatoms. The van der Waals surface area contributed by atoms with Gasteiger partial charge in [0, 0.05) is 19.2 Å². The smallest absolute Gasteiger partial charge is 0.238 e. The number of benzene rings is 1. The summed E-state index contributed by atoms with van der Waals surface area (Å²) in [4.78, 5) is 10.9. The molecule has 1 aliphatic rings. The molecule has 2 heterocycles. The van der Waals surface area contributed by atoms with Gasteiger partial charge < -0.3 is 15.8 Å². The Bertz CT molecular complexity index is 689. The van der Waals surface area contributed by atoms with E-state index in [1.807, 2.05) is 30.3 Å². The fraction of sp³-hybridized carbons (Fsp3) is 0.375. The second-order valence-electron chi connectivity index (χ2n) is 5.49. The normalized spacial score (nSPS) is 16.0. The molecule has 1 fully saturated rings. The van der Waals surface area contributed by atoms with E-state index < -0.39 is 0 Å². The maximum Gasteiger partial charge on any atom is 0.238 e. The first-order valence-corrected chi connectivity index (χ1v) is 7.62. The van der Waals surface area contributed by atoms with Crippen LogP contribution in [0.4, 0.5) is 11.8 Å². The molecule has 0 radical (unpaired) electrons. The van der Waals surface area contributed by atoms with Crippen molar-refractivity contribution in [3.8, 4) is 0 Å². The highest BCUT2D eigenvalue weighted by Gasteiger charge is 2.14. The van der Waals surface area contributed by atoms with Crippen LogP contribution in [0, 0.1) is 0 Å². The molecule has 116 valence electrons. The van der Waals surface area contributed by atoms with Gasteiger partial charge in [-0.2, -0.15) is 4.98 Å². The summed E-state index contributed by atoms with van der Waals surface area (Å²) < 4.78 is 0.844. The zero-order valence-corrected chi connectivity index (χ0v) is 12.5. The third kappa shape index (κ3) is 3.21. The van der Waals surface area contributed by atoms with Gasteiger partial charge in [0.1, 0.15) is 5.82 Å². The maximum absolute atomic E-state index is 10.0. The molecular formula is C16H21N5O. The van der Waals surface area contributed by atoms with Gasteiger partial charge >= 0.3 is 0 Å². The molecule has 0 bridgehead atoms. The Labute approximate surface area is 129 Å². The summed E-state index contributed by atoms with van der Waals surface area (Å²) in [5.74, 6) is 0.851. The molecule has 3 rings (SSSR count). The molecule has 0 saturated carbocycles. The predicted octanol–water partition coefficient (Wildman–Crippen LogP) is 1.79. The van der Waals surface area contributed by atoms with Gasteiger partial charge in [-0.1, -0.05) is 30.3 Å². The summed E-state index contributed by atoms with van der Waals surface area (Å²) in [7, 11) is 0. The predicted molar refractivity (Wildman–Crippen MR) is 85.6 cm³/mol. The van der Waals surface area contributed by atoms with Crippen molar-refractivity contribution in [3.63, 3.8) is 0 Å². The molecule has 1 saturated heterocycles. The number of rotatable bonds is 3. The maximum atomic E-state index is 10.0. The summed E-state index contributed by atoms with van der Waals surface area (Å²) in [5.41, 5.74) is 7.32. The first kappa shape index (κ1) is 14.4. The quantitative estimate of drug-likeness (QED) is 0.847. The number of aromatic nitrogens is 2. The van der Waals surface area contributed by atoms with E-state index in [-0.39, 0.29) is 5.95 Å². The number of nitrogen functional groups attached to an aromatic ring is 1. The fourth-order valence-corrected chi connectivity index (χ4v) is 2.64. The van der Waals surface area contributed by atoms with Gasteiger partial charge in [0.05, 0.1) is 6.54 Å². The second-order valence-corrected chi connectivity index (χ2v) is 5.49. The van der Waals surface area contributed by atoms with E-state index in [0.717, 1.165) is 42.0 Å². The minimum Gasteiger partial charge on any atom is -0.423 e. The third-order valence-corrected chi connectivity index (χ3v) is 3.87. The highest BCUT2D eigenvalue weighted by atomic mass is 16.5. The first-order valence-electron chi connectivity index (χ1n) is 7.62. The molecule has 1 aromatic carbocycles. The molecule has 2 aromatic rings. The Hall–Kier alpha value is -2.50. The summed E-state index contributed by atoms with van der Waals surface area (Å²) in [5, 5.41) is 10.0. The summed E-state index contributed by atoms with van der Waals surface area (Å²) >= 11 is 0. The number of nitrogens with zero attached hydrogens (tertiary/aromatic N) is 4. The molecule has 1 aromatic heterocycles. The molecule has 0 amide bonds. The highest BCUT2D eigenvalue weighted by Crippen LogP contribution is 2.16. The van der Waals surface area contributed by atoms with Crippen molar-refractivity contribution in [1.29, 1.82) is 0 Å². The van der Waals surface area contributed by atoms with Gasteiger partial charge in [0.25, 0.3) is 0 Å². The molecular weight excluding hydrogens is 278 g/mol. The van der Waals surface area contributed by atoms with Crippen LogP contribution in [0.3, 0.4) is 0 Å². The van der Waals surface area contributed by atoms with E-state index in [4.69, 9.17) is 5.73 Å². The van der Waals surface area contributed by atoms with Crippen molar-refractivity contribution >= 4 is 11.8 Å². The molecule has 3 N–H and O–H groups in total. The van der Waals surface area contributed by atoms with Gasteiger partial charge in [-0.05, 0) is 24.8 Å². The monoisotopic (exact) mass is 299 g/mol. The van der Waals surface area contributed by atoms with Gasteiger partial charge in [0.15, 0.2) is 5.49 Å². The minimum atomic E-state index is 0.0647. The highest BCUT2D eigenvalue weighted by molar-refractivity contribution is 5.41. The van der Waals surface area contributed by atoms with Crippen LogP contribution in [-0.4, -0.2) is 28.0 Å². The zero-order chi connectivity index (χ0) is 15.4. The van der Waals surface area contributed by atoms with E-state index in [9.17, 15) is 5.21 Å². The summed E-state index contributed by atoms with van der Waals surface area (Å²) in [6.45, 7) is 2.43. The number of nitrogens with two attached hydrogens (primary N) is 1. The van der Waals surface area contributed by atoms with E-state index in [1.165, 1.54) is 6.42 Å². The van der Waals surface area contributed by atoms with Crippen LogP contribution in [0.2, 0.25) is 0 Å². The molecule has 22 heavy (non-hydrogen) atoms. The van der Waals surface area contributed by atoms with Crippen molar-refractivity contribution in [2.24, 2.45) is 4.99 Å². The van der Waals surface area contributed by atoms with E-state index >= 15 is 0 Å². The number of hydrogen-bond donors (Lipinski definition) is 2. The minimum absolute atomic E-state index is 0.0647. The lowest BCUT2D eigenvalue weighted by atomic mass is 10.1. The lowest BCUT2D eigenvalue weighted by Gasteiger charge is -2.27. The summed E-state index contributed by atoms with van der Waals surface area (Å²) in [6, 6.07) is 11.7.